The zero-order valence-corrected chi connectivity index (χ0v) is 15.0. The first-order chi connectivity index (χ1) is 12.4. The summed E-state index contributed by atoms with van der Waals surface area (Å²) in [5.74, 6) is -2.67. The predicted molar refractivity (Wildman–Crippen MR) is 96.9 cm³/mol. The van der Waals surface area contributed by atoms with Crippen LogP contribution in [0.5, 0.6) is 5.75 Å². The number of Topliss-reactive ketones (excluding diaryl/α,β-unsaturated/α-hetero) is 1. The molecule has 0 unspecified atom stereocenters. The first-order valence-electron chi connectivity index (χ1n) is 8.86. The van der Waals surface area contributed by atoms with Crippen molar-refractivity contribution in [2.24, 2.45) is 0 Å². The van der Waals surface area contributed by atoms with Gasteiger partial charge in [-0.15, -0.1) is 0 Å². The standard InChI is InChI=1S/C21H23F2NO2/c1-14(2)26-20-6-4-3-5-18(20)21(22,23)13-24-12-15-7-9-17-16(11-15)8-10-19(17)25/h3-7,9,11,14,24H,8,10,12-13H2,1-2H3. The van der Waals surface area contributed by atoms with Gasteiger partial charge in [-0.3, -0.25) is 4.79 Å². The third-order valence-electron chi connectivity index (χ3n) is 4.41. The van der Waals surface area contributed by atoms with Gasteiger partial charge in [0.1, 0.15) is 5.75 Å². The number of benzene rings is 2. The summed E-state index contributed by atoms with van der Waals surface area (Å²) < 4.78 is 34.8. The molecule has 1 aliphatic carbocycles. The summed E-state index contributed by atoms with van der Waals surface area (Å²) >= 11 is 0. The molecule has 3 rings (SSSR count). The van der Waals surface area contributed by atoms with Crippen LogP contribution in [0.4, 0.5) is 8.78 Å². The number of hydrogen-bond acceptors (Lipinski definition) is 3. The lowest BCUT2D eigenvalue weighted by molar-refractivity contribution is -0.00674. The highest BCUT2D eigenvalue weighted by atomic mass is 19.3. The van der Waals surface area contributed by atoms with E-state index in [1.807, 2.05) is 26.0 Å². The Bertz CT molecular complexity index is 802. The summed E-state index contributed by atoms with van der Waals surface area (Å²) in [6.45, 7) is 3.46. The zero-order chi connectivity index (χ0) is 18.7. The Hall–Kier alpha value is -2.27. The van der Waals surface area contributed by atoms with E-state index in [9.17, 15) is 13.6 Å². The molecule has 138 valence electrons. The lowest BCUT2D eigenvalue weighted by Crippen LogP contribution is -2.31. The number of nitrogens with one attached hydrogen (secondary N) is 1. The molecular formula is C21H23F2NO2. The highest BCUT2D eigenvalue weighted by molar-refractivity contribution is 6.00. The largest absolute Gasteiger partial charge is 0.490 e. The fourth-order valence-electron chi connectivity index (χ4n) is 3.20. The first-order valence-corrected chi connectivity index (χ1v) is 8.86. The van der Waals surface area contributed by atoms with Crippen LogP contribution in [0, 0.1) is 0 Å². The normalized spacial score (nSPS) is 14.0. The maximum absolute atomic E-state index is 14.7. The van der Waals surface area contributed by atoms with Crippen LogP contribution in [-0.2, 0) is 18.9 Å². The van der Waals surface area contributed by atoms with Crippen LogP contribution in [0.15, 0.2) is 42.5 Å². The molecule has 0 aromatic heterocycles. The minimum atomic E-state index is -3.04. The molecule has 0 heterocycles. The average Bonchev–Trinajstić information content (AvgIpc) is 2.95. The van der Waals surface area contributed by atoms with E-state index in [0.29, 0.717) is 13.0 Å². The third kappa shape index (κ3) is 4.10. The smallest absolute Gasteiger partial charge is 0.288 e. The van der Waals surface area contributed by atoms with Crippen molar-refractivity contribution in [1.82, 2.24) is 5.32 Å². The topological polar surface area (TPSA) is 38.3 Å². The van der Waals surface area contributed by atoms with E-state index < -0.39 is 12.5 Å². The predicted octanol–water partition coefficient (Wildman–Crippen LogP) is 4.48. The molecule has 0 aliphatic heterocycles. The van der Waals surface area contributed by atoms with Crippen molar-refractivity contribution in [3.63, 3.8) is 0 Å². The second-order valence-corrected chi connectivity index (χ2v) is 6.89. The molecule has 0 saturated carbocycles. The van der Waals surface area contributed by atoms with Crippen molar-refractivity contribution in [2.75, 3.05) is 6.54 Å². The summed E-state index contributed by atoms with van der Waals surface area (Å²) in [5.41, 5.74) is 2.57. The van der Waals surface area contributed by atoms with E-state index in [1.54, 1.807) is 24.3 Å². The molecule has 1 aliphatic rings. The van der Waals surface area contributed by atoms with E-state index in [0.717, 1.165) is 23.1 Å². The van der Waals surface area contributed by atoms with Crippen molar-refractivity contribution in [2.45, 2.75) is 45.3 Å². The number of para-hydroxylation sites is 1. The molecule has 0 atom stereocenters. The van der Waals surface area contributed by atoms with E-state index in [1.165, 1.54) is 6.07 Å². The first kappa shape index (κ1) is 18.5. The molecule has 0 radical (unpaired) electrons. The van der Waals surface area contributed by atoms with Gasteiger partial charge in [-0.05, 0) is 43.5 Å². The summed E-state index contributed by atoms with van der Waals surface area (Å²) in [6.07, 6.45) is 1.10. The molecule has 2 aromatic carbocycles. The van der Waals surface area contributed by atoms with Gasteiger partial charge in [0.25, 0.3) is 5.92 Å². The molecule has 3 nitrogen and oxygen atoms in total. The summed E-state index contributed by atoms with van der Waals surface area (Å²) in [5, 5.41) is 2.83. The van der Waals surface area contributed by atoms with E-state index in [-0.39, 0.29) is 23.2 Å². The van der Waals surface area contributed by atoms with Crippen molar-refractivity contribution >= 4 is 5.78 Å². The number of carbonyl (C=O) groups is 1. The number of alkyl halides is 2. The molecule has 0 saturated heterocycles. The Morgan fingerprint density at radius 1 is 1.15 bits per heavy atom. The lowest BCUT2D eigenvalue weighted by Gasteiger charge is -2.22. The second kappa shape index (κ2) is 7.54. The maximum Gasteiger partial charge on any atom is 0.288 e. The lowest BCUT2D eigenvalue weighted by atomic mass is 10.1. The highest BCUT2D eigenvalue weighted by Crippen LogP contribution is 2.35. The Morgan fingerprint density at radius 2 is 1.92 bits per heavy atom. The molecule has 1 N–H and O–H groups in total. The molecule has 0 spiro atoms. The van der Waals surface area contributed by atoms with Gasteiger partial charge in [-0.25, -0.2) is 0 Å². The SMILES string of the molecule is CC(C)Oc1ccccc1C(F)(F)CNCc1ccc2c(c1)CCC2=O. The van der Waals surface area contributed by atoms with Crippen molar-refractivity contribution in [3.05, 3.63) is 64.7 Å². The number of halogens is 2. The van der Waals surface area contributed by atoms with E-state index >= 15 is 0 Å². The van der Waals surface area contributed by atoms with Crippen molar-refractivity contribution in [3.8, 4) is 5.75 Å². The van der Waals surface area contributed by atoms with E-state index in [2.05, 4.69) is 5.32 Å². The van der Waals surface area contributed by atoms with Crippen LogP contribution in [0.3, 0.4) is 0 Å². The van der Waals surface area contributed by atoms with Crippen LogP contribution in [0.2, 0.25) is 0 Å². The monoisotopic (exact) mass is 359 g/mol. The van der Waals surface area contributed by atoms with Gasteiger partial charge in [0.2, 0.25) is 0 Å². The van der Waals surface area contributed by atoms with Gasteiger partial charge >= 0.3 is 0 Å². The zero-order valence-electron chi connectivity index (χ0n) is 15.0. The number of carbonyl (C=O) groups excluding carboxylic acids is 1. The number of ether oxygens (including phenoxy) is 1. The van der Waals surface area contributed by atoms with Gasteiger partial charge < -0.3 is 10.1 Å². The summed E-state index contributed by atoms with van der Waals surface area (Å²) in [6, 6.07) is 11.8. The highest BCUT2D eigenvalue weighted by Gasteiger charge is 2.34. The number of hydrogen-bond donors (Lipinski definition) is 1. The van der Waals surface area contributed by atoms with Gasteiger partial charge in [0, 0.05) is 18.5 Å². The molecule has 0 bridgehead atoms. The van der Waals surface area contributed by atoms with E-state index in [4.69, 9.17) is 4.74 Å². The molecule has 0 amide bonds. The van der Waals surface area contributed by atoms with Crippen LogP contribution in [-0.4, -0.2) is 18.4 Å². The fourth-order valence-corrected chi connectivity index (χ4v) is 3.20. The van der Waals surface area contributed by atoms with Crippen LogP contribution in [0.1, 0.15) is 47.3 Å². The summed E-state index contributed by atoms with van der Waals surface area (Å²) in [7, 11) is 0. The number of ketones is 1. The van der Waals surface area contributed by atoms with Crippen LogP contribution in [0.25, 0.3) is 0 Å². The van der Waals surface area contributed by atoms with Gasteiger partial charge in [-0.1, -0.05) is 30.3 Å². The number of aryl methyl sites for hydroxylation is 1. The molecule has 5 heteroatoms. The maximum atomic E-state index is 14.7. The van der Waals surface area contributed by atoms with Crippen molar-refractivity contribution < 1.29 is 18.3 Å². The van der Waals surface area contributed by atoms with Gasteiger partial charge in [-0.2, -0.15) is 8.78 Å². The Labute approximate surface area is 152 Å². The third-order valence-corrected chi connectivity index (χ3v) is 4.41. The minimum Gasteiger partial charge on any atom is -0.490 e. The molecule has 0 fully saturated rings. The number of rotatable bonds is 7. The summed E-state index contributed by atoms with van der Waals surface area (Å²) in [4.78, 5) is 11.7. The van der Waals surface area contributed by atoms with Crippen LogP contribution < -0.4 is 10.1 Å². The quantitative estimate of drug-likeness (QED) is 0.792. The molecule has 2 aromatic rings. The van der Waals surface area contributed by atoms with Crippen molar-refractivity contribution in [1.29, 1.82) is 0 Å². The Morgan fingerprint density at radius 3 is 2.69 bits per heavy atom. The second-order valence-electron chi connectivity index (χ2n) is 6.89. The van der Waals surface area contributed by atoms with Crippen LogP contribution >= 0.6 is 0 Å². The Balaban J connectivity index is 1.65. The Kier molecular flexibility index (Phi) is 5.37. The minimum absolute atomic E-state index is 0.110. The van der Waals surface area contributed by atoms with Gasteiger partial charge in [0.15, 0.2) is 5.78 Å². The van der Waals surface area contributed by atoms with Gasteiger partial charge in [0.05, 0.1) is 18.2 Å². The fraction of sp³-hybridized carbons (Fsp3) is 0.381. The molecular weight excluding hydrogens is 336 g/mol. The molecule has 26 heavy (non-hydrogen) atoms. The average molecular weight is 359 g/mol. The number of fused-ring (bicyclic) bond motifs is 1.